The molecule has 0 radical (unpaired) electrons. The van der Waals surface area contributed by atoms with Gasteiger partial charge in [-0.3, -0.25) is 18.6 Å². The molecule has 2 unspecified atom stereocenters. The van der Waals surface area contributed by atoms with Crippen molar-refractivity contribution in [1.82, 2.24) is 0 Å². The van der Waals surface area contributed by atoms with E-state index in [0.717, 1.165) is 77.0 Å². The third kappa shape index (κ3) is 41.2. The first-order valence-electron chi connectivity index (χ1n) is 21.8. The summed E-state index contributed by atoms with van der Waals surface area (Å²) in [5, 5.41) is 0. The molecule has 0 aromatic rings. The molecule has 55 heavy (non-hydrogen) atoms. The zero-order valence-corrected chi connectivity index (χ0v) is 35.8. The van der Waals surface area contributed by atoms with Crippen LogP contribution in [0.4, 0.5) is 0 Å². The monoisotopic (exact) mass is 794 g/mol. The largest absolute Gasteiger partial charge is 0.472 e. The number of allylic oxidation sites excluding steroid dienone is 10. The molecule has 0 aromatic heterocycles. The lowest BCUT2D eigenvalue weighted by atomic mass is 10.1. The van der Waals surface area contributed by atoms with Crippen molar-refractivity contribution in [3.8, 4) is 0 Å². The average Bonchev–Trinajstić information content (AvgIpc) is 3.17. The molecule has 0 aliphatic carbocycles. The predicted molar refractivity (Wildman–Crippen MR) is 229 cm³/mol. The maximum Gasteiger partial charge on any atom is 0.472 e. The van der Waals surface area contributed by atoms with Crippen molar-refractivity contribution >= 4 is 19.8 Å². The van der Waals surface area contributed by atoms with Gasteiger partial charge in [0.25, 0.3) is 0 Å². The molecule has 0 spiro atoms. The summed E-state index contributed by atoms with van der Waals surface area (Å²) >= 11 is 0. The van der Waals surface area contributed by atoms with E-state index in [1.165, 1.54) is 64.2 Å². The Balaban J connectivity index is 4.21. The summed E-state index contributed by atoms with van der Waals surface area (Å²) in [4.78, 5) is 34.9. The van der Waals surface area contributed by atoms with Crippen molar-refractivity contribution in [2.75, 3.05) is 26.4 Å². The minimum atomic E-state index is -4.39. The van der Waals surface area contributed by atoms with Gasteiger partial charge >= 0.3 is 19.8 Å². The number of esters is 2. The van der Waals surface area contributed by atoms with Gasteiger partial charge in [-0.15, -0.1) is 0 Å². The second-order valence-electron chi connectivity index (χ2n) is 14.2. The van der Waals surface area contributed by atoms with Crippen LogP contribution in [0.25, 0.3) is 0 Å². The van der Waals surface area contributed by atoms with Crippen LogP contribution >= 0.6 is 7.82 Å². The molecule has 0 heterocycles. The standard InChI is InChI=1S/C45H80NO8P/c1-3-5-7-9-11-13-15-17-19-21-23-25-27-29-31-33-35-37-44(47)51-41-43(42-53-55(49,50)52-40-39-46)54-45(48)38-36-34-32-30-28-26-24-22-20-18-16-14-12-10-8-6-4-2/h5,7,11,13,17-20,23,25,43H,3-4,6,8-10,12,14-16,21-22,24,26-42,46H2,1-2H3,(H,49,50). The topological polar surface area (TPSA) is 134 Å². The summed E-state index contributed by atoms with van der Waals surface area (Å²) in [6, 6.07) is 0. The second-order valence-corrected chi connectivity index (χ2v) is 15.6. The smallest absolute Gasteiger partial charge is 0.462 e. The van der Waals surface area contributed by atoms with Gasteiger partial charge in [0.05, 0.1) is 13.2 Å². The van der Waals surface area contributed by atoms with E-state index in [0.29, 0.717) is 12.8 Å². The molecule has 0 aromatic carbocycles. The van der Waals surface area contributed by atoms with Gasteiger partial charge in [-0.1, -0.05) is 152 Å². The fourth-order valence-corrected chi connectivity index (χ4v) is 6.44. The van der Waals surface area contributed by atoms with Crippen LogP contribution in [0.1, 0.15) is 181 Å². The fraction of sp³-hybridized carbons (Fsp3) is 0.733. The minimum Gasteiger partial charge on any atom is -0.462 e. The molecule has 3 N–H and O–H groups in total. The van der Waals surface area contributed by atoms with Crippen LogP contribution in [0.15, 0.2) is 60.8 Å². The number of phosphoric acid groups is 1. The molecule has 9 nitrogen and oxygen atoms in total. The molecular weight excluding hydrogens is 713 g/mol. The Morgan fingerprint density at radius 2 is 1.00 bits per heavy atom. The lowest BCUT2D eigenvalue weighted by Crippen LogP contribution is -2.29. The summed E-state index contributed by atoms with van der Waals surface area (Å²) in [6.45, 7) is 3.58. The predicted octanol–water partition coefficient (Wildman–Crippen LogP) is 12.5. The van der Waals surface area contributed by atoms with E-state index < -0.39 is 32.5 Å². The van der Waals surface area contributed by atoms with E-state index >= 15 is 0 Å². The fourth-order valence-electron chi connectivity index (χ4n) is 5.68. The summed E-state index contributed by atoms with van der Waals surface area (Å²) in [5.41, 5.74) is 5.35. The van der Waals surface area contributed by atoms with Crippen LogP contribution < -0.4 is 5.73 Å². The van der Waals surface area contributed by atoms with Crippen LogP contribution in [0.2, 0.25) is 0 Å². The Morgan fingerprint density at radius 3 is 1.51 bits per heavy atom. The third-order valence-electron chi connectivity index (χ3n) is 8.89. The molecule has 10 heteroatoms. The Morgan fingerprint density at radius 1 is 0.564 bits per heavy atom. The number of nitrogens with two attached hydrogens (primary N) is 1. The van der Waals surface area contributed by atoms with Gasteiger partial charge in [-0.05, 0) is 77.0 Å². The Bertz CT molecular complexity index is 1090. The molecule has 0 saturated heterocycles. The second kappa shape index (κ2) is 41.3. The Hall–Kier alpha value is -2.29. The lowest BCUT2D eigenvalue weighted by Gasteiger charge is -2.19. The van der Waals surface area contributed by atoms with Crippen molar-refractivity contribution in [3.63, 3.8) is 0 Å². The van der Waals surface area contributed by atoms with Crippen LogP contribution in [0.3, 0.4) is 0 Å². The number of carbonyl (C=O) groups is 2. The van der Waals surface area contributed by atoms with Crippen molar-refractivity contribution in [3.05, 3.63) is 60.8 Å². The highest BCUT2D eigenvalue weighted by Crippen LogP contribution is 2.43. The van der Waals surface area contributed by atoms with Gasteiger partial charge in [0.2, 0.25) is 0 Å². The van der Waals surface area contributed by atoms with Crippen LogP contribution in [-0.2, 0) is 32.7 Å². The number of rotatable bonds is 40. The molecule has 0 rings (SSSR count). The molecule has 0 aliphatic rings. The van der Waals surface area contributed by atoms with E-state index in [9.17, 15) is 19.0 Å². The number of phosphoric ester groups is 1. The van der Waals surface area contributed by atoms with E-state index in [1.54, 1.807) is 0 Å². The van der Waals surface area contributed by atoms with Crippen LogP contribution in [0.5, 0.6) is 0 Å². The highest BCUT2D eigenvalue weighted by atomic mass is 31.2. The highest BCUT2D eigenvalue weighted by Gasteiger charge is 2.26. The molecule has 0 amide bonds. The first kappa shape index (κ1) is 52.7. The van der Waals surface area contributed by atoms with E-state index in [1.807, 2.05) is 0 Å². The van der Waals surface area contributed by atoms with E-state index in [4.69, 9.17) is 24.3 Å². The first-order chi connectivity index (χ1) is 26.8. The third-order valence-corrected chi connectivity index (χ3v) is 9.87. The molecular formula is C45H80NO8P. The number of hydrogen-bond acceptors (Lipinski definition) is 8. The Labute approximate surface area is 336 Å². The highest BCUT2D eigenvalue weighted by molar-refractivity contribution is 7.47. The molecule has 0 saturated carbocycles. The number of hydrogen-bond donors (Lipinski definition) is 2. The van der Waals surface area contributed by atoms with E-state index in [2.05, 4.69) is 74.6 Å². The summed E-state index contributed by atoms with van der Waals surface area (Å²) < 4.78 is 32.8. The SMILES string of the molecule is CCC=CCC=CCC=CCC=CCCCCCCC(=O)OCC(COP(=O)(O)OCCN)OC(=O)CCCCCCCCCC=CCCCCCCCC. The maximum atomic E-state index is 12.6. The van der Waals surface area contributed by atoms with Crippen LogP contribution in [-0.4, -0.2) is 49.3 Å². The molecule has 0 fully saturated rings. The van der Waals surface area contributed by atoms with Crippen molar-refractivity contribution in [2.45, 2.75) is 187 Å². The van der Waals surface area contributed by atoms with Gasteiger partial charge in [-0.25, -0.2) is 4.57 Å². The van der Waals surface area contributed by atoms with Crippen molar-refractivity contribution in [2.24, 2.45) is 5.73 Å². The average molecular weight is 794 g/mol. The normalized spacial score (nSPS) is 13.9. The molecule has 2 atom stereocenters. The van der Waals surface area contributed by atoms with Gasteiger partial charge in [0.15, 0.2) is 6.10 Å². The molecule has 0 bridgehead atoms. The zero-order valence-electron chi connectivity index (χ0n) is 34.9. The minimum absolute atomic E-state index is 0.0467. The summed E-state index contributed by atoms with van der Waals surface area (Å²) in [5.74, 6) is -0.864. The first-order valence-corrected chi connectivity index (χ1v) is 23.3. The van der Waals surface area contributed by atoms with Gasteiger partial charge in [0, 0.05) is 19.4 Å². The van der Waals surface area contributed by atoms with Gasteiger partial charge in [-0.2, -0.15) is 0 Å². The number of ether oxygens (including phenoxy) is 2. The van der Waals surface area contributed by atoms with Crippen molar-refractivity contribution < 1.29 is 37.6 Å². The van der Waals surface area contributed by atoms with E-state index in [-0.39, 0.29) is 32.6 Å². The number of carbonyl (C=O) groups excluding carboxylic acids is 2. The Kier molecular flexibility index (Phi) is 39.6. The zero-order chi connectivity index (χ0) is 40.3. The number of unbranched alkanes of at least 4 members (excludes halogenated alkanes) is 17. The molecule has 0 aliphatic heterocycles. The maximum absolute atomic E-state index is 12.6. The van der Waals surface area contributed by atoms with Gasteiger partial charge < -0.3 is 20.1 Å². The summed E-state index contributed by atoms with van der Waals surface area (Å²) in [7, 11) is -4.39. The lowest BCUT2D eigenvalue weighted by molar-refractivity contribution is -0.161. The van der Waals surface area contributed by atoms with Crippen LogP contribution in [0, 0.1) is 0 Å². The van der Waals surface area contributed by atoms with Crippen molar-refractivity contribution in [1.29, 1.82) is 0 Å². The van der Waals surface area contributed by atoms with Gasteiger partial charge in [0.1, 0.15) is 6.61 Å². The quantitative estimate of drug-likeness (QED) is 0.0269. The molecule has 318 valence electrons. The summed E-state index contributed by atoms with van der Waals surface area (Å²) in [6.07, 6.45) is 48.2.